The largest absolute Gasteiger partial charge is 0.370 e. The van der Waals surface area contributed by atoms with E-state index < -0.39 is 0 Å². The molecule has 1 aliphatic rings. The number of hydrogen-bond donors (Lipinski definition) is 0. The Hall–Kier alpha value is -0.370. The molecule has 0 amide bonds. The molecule has 1 aliphatic carbocycles. The summed E-state index contributed by atoms with van der Waals surface area (Å²) in [6, 6.07) is 0. The normalized spacial score (nSPS) is 19.3. The van der Waals surface area contributed by atoms with Gasteiger partial charge in [0.2, 0.25) is 0 Å². The van der Waals surface area contributed by atoms with Crippen molar-refractivity contribution in [3.63, 3.8) is 0 Å². The molecule has 0 bridgehead atoms. The van der Waals surface area contributed by atoms with Gasteiger partial charge in [-0.15, -0.1) is 0 Å². The van der Waals surface area contributed by atoms with Crippen molar-refractivity contribution in [2.45, 2.75) is 52.6 Å². The fourth-order valence-corrected chi connectivity index (χ4v) is 1.47. The van der Waals surface area contributed by atoms with Crippen LogP contribution in [0.15, 0.2) is 0 Å². The van der Waals surface area contributed by atoms with Crippen molar-refractivity contribution < 1.29 is 9.53 Å². The lowest BCUT2D eigenvalue weighted by atomic mass is 9.91. The molecular formula is C11H20O2. The molecule has 2 heteroatoms. The first kappa shape index (κ1) is 10.7. The zero-order chi connectivity index (χ0) is 9.90. The predicted molar refractivity (Wildman–Crippen MR) is 52.7 cm³/mol. The molecule has 1 saturated carbocycles. The van der Waals surface area contributed by atoms with E-state index in [4.69, 9.17) is 4.74 Å². The van der Waals surface area contributed by atoms with Crippen LogP contribution in [0.25, 0.3) is 0 Å². The van der Waals surface area contributed by atoms with Crippen molar-refractivity contribution in [2.24, 2.45) is 5.41 Å². The van der Waals surface area contributed by atoms with Crippen LogP contribution in [0.3, 0.4) is 0 Å². The van der Waals surface area contributed by atoms with E-state index in [1.165, 1.54) is 12.8 Å². The molecule has 2 nitrogen and oxygen atoms in total. The Labute approximate surface area is 80.7 Å². The van der Waals surface area contributed by atoms with Gasteiger partial charge in [0, 0.05) is 5.41 Å². The molecule has 1 rings (SSSR count). The summed E-state index contributed by atoms with van der Waals surface area (Å²) >= 11 is 0. The minimum Gasteiger partial charge on any atom is -0.370 e. The van der Waals surface area contributed by atoms with Crippen LogP contribution >= 0.6 is 0 Å². The Morgan fingerprint density at radius 3 is 2.31 bits per heavy atom. The molecule has 0 spiro atoms. The third-order valence-corrected chi connectivity index (χ3v) is 2.59. The summed E-state index contributed by atoms with van der Waals surface area (Å²) in [5, 5.41) is 0. The Kier molecular flexibility index (Phi) is 3.48. The lowest BCUT2D eigenvalue weighted by Gasteiger charge is -2.18. The average molecular weight is 184 g/mol. The number of ether oxygens (including phenoxy) is 1. The molecule has 0 unspecified atom stereocenters. The summed E-state index contributed by atoms with van der Waals surface area (Å²) in [4.78, 5) is 11.5. The zero-order valence-electron chi connectivity index (χ0n) is 8.93. The Morgan fingerprint density at radius 1 is 1.31 bits per heavy atom. The SMILES string of the molecule is CC(C)(C)C(=O)COC1CCCC1. The van der Waals surface area contributed by atoms with Gasteiger partial charge in [-0.1, -0.05) is 33.6 Å². The van der Waals surface area contributed by atoms with Crippen molar-refractivity contribution in [3.8, 4) is 0 Å². The number of Topliss-reactive ketones (excluding diaryl/α,β-unsaturated/α-hetero) is 1. The second-order valence-corrected chi connectivity index (χ2v) is 4.89. The van der Waals surface area contributed by atoms with E-state index in [1.807, 2.05) is 20.8 Å². The zero-order valence-corrected chi connectivity index (χ0v) is 8.93. The fraction of sp³-hybridized carbons (Fsp3) is 0.909. The van der Waals surface area contributed by atoms with Gasteiger partial charge in [-0.05, 0) is 12.8 Å². The number of ketones is 1. The number of carbonyl (C=O) groups excluding carboxylic acids is 1. The second kappa shape index (κ2) is 4.23. The molecule has 0 aromatic rings. The Bertz CT molecular complexity index is 173. The molecule has 0 atom stereocenters. The van der Waals surface area contributed by atoms with E-state index in [9.17, 15) is 4.79 Å². The maximum Gasteiger partial charge on any atom is 0.163 e. The lowest BCUT2D eigenvalue weighted by Crippen LogP contribution is -2.26. The van der Waals surface area contributed by atoms with Crippen molar-refractivity contribution in [3.05, 3.63) is 0 Å². The maximum absolute atomic E-state index is 11.5. The third-order valence-electron chi connectivity index (χ3n) is 2.59. The van der Waals surface area contributed by atoms with Gasteiger partial charge in [-0.3, -0.25) is 4.79 Å². The summed E-state index contributed by atoms with van der Waals surface area (Å²) in [7, 11) is 0. The molecule has 76 valence electrons. The highest BCUT2D eigenvalue weighted by molar-refractivity contribution is 5.84. The quantitative estimate of drug-likeness (QED) is 0.673. The first-order valence-electron chi connectivity index (χ1n) is 5.15. The van der Waals surface area contributed by atoms with E-state index in [-0.39, 0.29) is 11.2 Å². The fourth-order valence-electron chi connectivity index (χ4n) is 1.47. The minimum atomic E-state index is -0.251. The summed E-state index contributed by atoms with van der Waals surface area (Å²) in [6.07, 6.45) is 5.14. The summed E-state index contributed by atoms with van der Waals surface area (Å²) in [5.41, 5.74) is -0.251. The summed E-state index contributed by atoms with van der Waals surface area (Å²) in [6.45, 7) is 6.11. The Morgan fingerprint density at radius 2 is 1.85 bits per heavy atom. The van der Waals surface area contributed by atoms with Gasteiger partial charge in [-0.2, -0.15) is 0 Å². The van der Waals surface area contributed by atoms with Crippen LogP contribution in [0.4, 0.5) is 0 Å². The predicted octanol–water partition coefficient (Wildman–Crippen LogP) is 2.56. The molecule has 13 heavy (non-hydrogen) atoms. The van der Waals surface area contributed by atoms with Crippen molar-refractivity contribution in [1.82, 2.24) is 0 Å². The molecule has 0 heterocycles. The smallest absolute Gasteiger partial charge is 0.163 e. The summed E-state index contributed by atoms with van der Waals surface area (Å²) < 4.78 is 5.54. The van der Waals surface area contributed by atoms with Crippen LogP contribution in [0, 0.1) is 5.41 Å². The van der Waals surface area contributed by atoms with Crippen LogP contribution in [0.1, 0.15) is 46.5 Å². The molecule has 0 aromatic carbocycles. The average Bonchev–Trinajstić information content (AvgIpc) is 2.50. The number of carbonyl (C=O) groups is 1. The van der Waals surface area contributed by atoms with E-state index >= 15 is 0 Å². The van der Waals surface area contributed by atoms with Gasteiger partial charge in [0.1, 0.15) is 6.61 Å². The molecule has 0 N–H and O–H groups in total. The highest BCUT2D eigenvalue weighted by Crippen LogP contribution is 2.22. The standard InChI is InChI=1S/C11H20O2/c1-11(2,3)10(12)8-13-9-6-4-5-7-9/h9H,4-8H2,1-3H3. The van der Waals surface area contributed by atoms with Crippen LogP contribution in [-0.2, 0) is 9.53 Å². The molecule has 0 aromatic heterocycles. The van der Waals surface area contributed by atoms with E-state index in [2.05, 4.69) is 0 Å². The van der Waals surface area contributed by atoms with Crippen LogP contribution in [0.5, 0.6) is 0 Å². The highest BCUT2D eigenvalue weighted by atomic mass is 16.5. The topological polar surface area (TPSA) is 26.3 Å². The van der Waals surface area contributed by atoms with Gasteiger partial charge in [-0.25, -0.2) is 0 Å². The lowest BCUT2D eigenvalue weighted by molar-refractivity contribution is -0.132. The van der Waals surface area contributed by atoms with E-state index in [1.54, 1.807) is 0 Å². The minimum absolute atomic E-state index is 0.208. The van der Waals surface area contributed by atoms with Gasteiger partial charge >= 0.3 is 0 Å². The molecule has 0 aliphatic heterocycles. The van der Waals surface area contributed by atoms with Crippen molar-refractivity contribution in [1.29, 1.82) is 0 Å². The van der Waals surface area contributed by atoms with Crippen molar-refractivity contribution >= 4 is 5.78 Å². The number of hydrogen-bond acceptors (Lipinski definition) is 2. The Balaban J connectivity index is 2.22. The maximum atomic E-state index is 11.5. The summed E-state index contributed by atoms with van der Waals surface area (Å²) in [5.74, 6) is 0.208. The molecule has 1 fully saturated rings. The third kappa shape index (κ3) is 3.47. The van der Waals surface area contributed by atoms with Gasteiger partial charge in [0.05, 0.1) is 6.10 Å². The molecule has 0 saturated heterocycles. The first-order valence-corrected chi connectivity index (χ1v) is 5.15. The van der Waals surface area contributed by atoms with Gasteiger partial charge < -0.3 is 4.74 Å². The molecule has 0 radical (unpaired) electrons. The van der Waals surface area contributed by atoms with Crippen LogP contribution in [0.2, 0.25) is 0 Å². The second-order valence-electron chi connectivity index (χ2n) is 4.89. The van der Waals surface area contributed by atoms with Crippen LogP contribution < -0.4 is 0 Å². The van der Waals surface area contributed by atoms with Crippen molar-refractivity contribution in [2.75, 3.05) is 6.61 Å². The first-order chi connectivity index (χ1) is 6.00. The highest BCUT2D eigenvalue weighted by Gasteiger charge is 2.23. The van der Waals surface area contributed by atoms with Gasteiger partial charge in [0.15, 0.2) is 5.78 Å². The van der Waals surface area contributed by atoms with E-state index in [0.29, 0.717) is 12.7 Å². The monoisotopic (exact) mass is 184 g/mol. The number of rotatable bonds is 3. The van der Waals surface area contributed by atoms with Crippen LogP contribution in [-0.4, -0.2) is 18.5 Å². The van der Waals surface area contributed by atoms with Gasteiger partial charge in [0.25, 0.3) is 0 Å². The van der Waals surface area contributed by atoms with E-state index in [0.717, 1.165) is 12.8 Å². The molecular weight excluding hydrogens is 164 g/mol.